The number of benzene rings is 2. The molecule has 0 aliphatic carbocycles. The number of likely N-dealkylation sites (N-methyl/N-ethyl adjacent to an activating group) is 1. The molecule has 0 saturated heterocycles. The van der Waals surface area contributed by atoms with Crippen molar-refractivity contribution in [3.63, 3.8) is 0 Å². The molecule has 5 N–H and O–H groups in total. The second kappa shape index (κ2) is 13.0. The van der Waals surface area contributed by atoms with Crippen LogP contribution in [0.15, 0.2) is 61.1 Å². The predicted molar refractivity (Wildman–Crippen MR) is 174 cm³/mol. The van der Waals surface area contributed by atoms with Gasteiger partial charge in [0, 0.05) is 59.3 Å². The van der Waals surface area contributed by atoms with Crippen LogP contribution in [-0.4, -0.2) is 73.6 Å². The van der Waals surface area contributed by atoms with Gasteiger partial charge < -0.3 is 25.6 Å². The summed E-state index contributed by atoms with van der Waals surface area (Å²) in [5.74, 6) is -0.377. The van der Waals surface area contributed by atoms with E-state index in [1.807, 2.05) is 25.1 Å². The molecule has 0 spiro atoms. The number of imidazole rings is 1. The molecule has 45 heavy (non-hydrogen) atoms. The van der Waals surface area contributed by atoms with E-state index >= 15 is 4.39 Å². The molecule has 0 fully saturated rings. The van der Waals surface area contributed by atoms with Crippen molar-refractivity contribution in [3.8, 4) is 33.8 Å². The molecular formula is C33H35F2N9O. The lowest BCUT2D eigenvalue weighted by Gasteiger charge is -2.14. The predicted octanol–water partition coefficient (Wildman–Crippen LogP) is 6.40. The normalized spacial score (nSPS) is 12.3. The number of nitrogens with zero attached hydrogens (tertiary/aromatic N) is 5. The van der Waals surface area contributed by atoms with Crippen LogP contribution in [0.3, 0.4) is 0 Å². The van der Waals surface area contributed by atoms with Gasteiger partial charge in [0.25, 0.3) is 0 Å². The van der Waals surface area contributed by atoms with Crippen LogP contribution in [-0.2, 0) is 0 Å². The van der Waals surface area contributed by atoms with Crippen molar-refractivity contribution in [2.45, 2.75) is 32.4 Å². The van der Waals surface area contributed by atoms with Gasteiger partial charge in [-0.3, -0.25) is 10.1 Å². The van der Waals surface area contributed by atoms with Gasteiger partial charge in [0.15, 0.2) is 11.5 Å². The number of aliphatic hydroxyl groups excluding tert-OH is 1. The van der Waals surface area contributed by atoms with Gasteiger partial charge in [-0.05, 0) is 68.9 Å². The largest absolute Gasteiger partial charge is 0.384 e. The molecule has 0 aliphatic rings. The Labute approximate surface area is 259 Å². The van der Waals surface area contributed by atoms with Gasteiger partial charge in [0.05, 0.1) is 17.4 Å². The molecule has 1 unspecified atom stereocenters. The molecule has 232 valence electrons. The minimum atomic E-state index is -0.723. The number of unbranched alkanes of at least 4 members (excludes halogenated alkanes) is 1. The third kappa shape index (κ3) is 6.61. The maximum atomic E-state index is 15.4. The SMILES string of the molecule is CCCCC(O)Nc1cncc(-c2cc3c(-c4nc5c(-c6cc(F)cc(NCCN(C)C)c6)ccnc5[nH]4)n[nH]c3cc2F)c1. The van der Waals surface area contributed by atoms with Gasteiger partial charge in [0.2, 0.25) is 0 Å². The van der Waals surface area contributed by atoms with Crippen LogP contribution in [0.1, 0.15) is 26.2 Å². The first-order chi connectivity index (χ1) is 21.8. The minimum Gasteiger partial charge on any atom is -0.384 e. The number of fused-ring (bicyclic) bond motifs is 2. The lowest BCUT2D eigenvalue weighted by atomic mass is 10.0. The van der Waals surface area contributed by atoms with E-state index in [2.05, 4.69) is 42.7 Å². The number of hydrogen-bond acceptors (Lipinski definition) is 8. The summed E-state index contributed by atoms with van der Waals surface area (Å²) in [4.78, 5) is 18.8. The molecule has 0 amide bonds. The first-order valence-corrected chi connectivity index (χ1v) is 14.9. The zero-order valence-electron chi connectivity index (χ0n) is 25.3. The second-order valence-electron chi connectivity index (χ2n) is 11.3. The van der Waals surface area contributed by atoms with Gasteiger partial charge in [-0.25, -0.2) is 18.7 Å². The number of aliphatic hydroxyl groups is 1. The lowest BCUT2D eigenvalue weighted by Crippen LogP contribution is -2.20. The number of rotatable bonds is 12. The Morgan fingerprint density at radius 3 is 2.67 bits per heavy atom. The minimum absolute atomic E-state index is 0.327. The molecule has 0 bridgehead atoms. The fourth-order valence-corrected chi connectivity index (χ4v) is 5.29. The van der Waals surface area contributed by atoms with Crippen LogP contribution in [0.4, 0.5) is 20.2 Å². The number of H-pyrrole nitrogens is 2. The van der Waals surface area contributed by atoms with Gasteiger partial charge in [-0.15, -0.1) is 0 Å². The first kappa shape index (κ1) is 30.1. The third-order valence-electron chi connectivity index (χ3n) is 7.57. The molecule has 6 rings (SSSR count). The van der Waals surface area contributed by atoms with Crippen LogP contribution >= 0.6 is 0 Å². The number of halogens is 2. The zero-order chi connectivity index (χ0) is 31.5. The van der Waals surface area contributed by atoms with Crippen molar-refractivity contribution in [1.29, 1.82) is 0 Å². The van der Waals surface area contributed by atoms with Crippen LogP contribution in [0.5, 0.6) is 0 Å². The molecule has 0 aliphatic heterocycles. The standard InChI is InChI=1S/C33H35F2N9O/c1-4-5-6-29(45)39-23-13-20(17-36-18-23)25-15-26-28(16-27(25)35)42-43-31(26)33-40-30-24(7-8-38-32(30)41-33)19-11-21(34)14-22(12-19)37-9-10-44(2)3/h7-8,11-18,29,37,39,45H,4-6,9-10H2,1-3H3,(H,42,43)(H,38,40,41). The highest BCUT2D eigenvalue weighted by Gasteiger charge is 2.19. The van der Waals surface area contributed by atoms with E-state index in [-0.39, 0.29) is 5.82 Å². The molecule has 4 heterocycles. The van der Waals surface area contributed by atoms with E-state index < -0.39 is 12.0 Å². The van der Waals surface area contributed by atoms with Crippen LogP contribution < -0.4 is 10.6 Å². The summed E-state index contributed by atoms with van der Waals surface area (Å²) in [6, 6.07) is 11.5. The van der Waals surface area contributed by atoms with Gasteiger partial charge in [-0.1, -0.05) is 13.3 Å². The average molecular weight is 612 g/mol. The topological polar surface area (TPSA) is 131 Å². The highest BCUT2D eigenvalue weighted by molar-refractivity contribution is 5.97. The summed E-state index contributed by atoms with van der Waals surface area (Å²) in [5, 5.41) is 24.6. The van der Waals surface area contributed by atoms with Crippen molar-refractivity contribution in [2.75, 3.05) is 37.8 Å². The number of aromatic nitrogens is 6. The van der Waals surface area contributed by atoms with Crippen molar-refractivity contribution in [2.24, 2.45) is 0 Å². The summed E-state index contributed by atoms with van der Waals surface area (Å²) in [6.07, 6.45) is 6.55. The van der Waals surface area contributed by atoms with Crippen LogP contribution in [0.2, 0.25) is 0 Å². The second-order valence-corrected chi connectivity index (χ2v) is 11.3. The fraction of sp³-hybridized carbons (Fsp3) is 0.273. The third-order valence-corrected chi connectivity index (χ3v) is 7.57. The maximum absolute atomic E-state index is 15.4. The van der Waals surface area contributed by atoms with Crippen molar-refractivity contribution < 1.29 is 13.9 Å². The quantitative estimate of drug-likeness (QED) is 0.101. The molecule has 4 aromatic heterocycles. The summed E-state index contributed by atoms with van der Waals surface area (Å²) in [7, 11) is 3.96. The van der Waals surface area contributed by atoms with Gasteiger partial charge in [-0.2, -0.15) is 5.10 Å². The molecule has 0 radical (unpaired) electrons. The summed E-state index contributed by atoms with van der Waals surface area (Å²) in [6.45, 7) is 3.53. The molecular weight excluding hydrogens is 576 g/mol. The number of nitrogens with one attached hydrogen (secondary N) is 4. The first-order valence-electron chi connectivity index (χ1n) is 14.9. The van der Waals surface area contributed by atoms with Crippen molar-refractivity contribution in [1.82, 2.24) is 35.0 Å². The number of aromatic amines is 2. The van der Waals surface area contributed by atoms with Crippen LogP contribution in [0.25, 0.3) is 55.8 Å². The Balaban J connectivity index is 1.35. The number of anilines is 2. The van der Waals surface area contributed by atoms with E-state index in [9.17, 15) is 9.50 Å². The van der Waals surface area contributed by atoms with E-state index in [4.69, 9.17) is 4.98 Å². The molecule has 10 nitrogen and oxygen atoms in total. The number of pyridine rings is 2. The Kier molecular flexibility index (Phi) is 8.67. The molecule has 1 atom stereocenters. The Hall–Kier alpha value is -4.94. The highest BCUT2D eigenvalue weighted by atomic mass is 19.1. The Morgan fingerprint density at radius 2 is 1.84 bits per heavy atom. The van der Waals surface area contributed by atoms with Crippen LogP contribution in [0, 0.1) is 11.6 Å². The fourth-order valence-electron chi connectivity index (χ4n) is 5.29. The molecule has 6 aromatic rings. The summed E-state index contributed by atoms with van der Waals surface area (Å²) >= 11 is 0. The van der Waals surface area contributed by atoms with E-state index in [1.54, 1.807) is 36.8 Å². The maximum Gasteiger partial charge on any atom is 0.160 e. The highest BCUT2D eigenvalue weighted by Crippen LogP contribution is 2.35. The molecule has 12 heteroatoms. The zero-order valence-corrected chi connectivity index (χ0v) is 25.3. The van der Waals surface area contributed by atoms with E-state index in [0.717, 1.165) is 19.4 Å². The Morgan fingerprint density at radius 1 is 1.00 bits per heavy atom. The van der Waals surface area contributed by atoms with Gasteiger partial charge in [0.1, 0.15) is 29.1 Å². The van der Waals surface area contributed by atoms with E-state index in [1.165, 1.54) is 18.2 Å². The smallest absolute Gasteiger partial charge is 0.160 e. The number of hydrogen-bond donors (Lipinski definition) is 5. The molecule has 0 saturated carbocycles. The van der Waals surface area contributed by atoms with Gasteiger partial charge >= 0.3 is 0 Å². The van der Waals surface area contributed by atoms with Crippen molar-refractivity contribution >= 4 is 33.4 Å². The van der Waals surface area contributed by atoms with E-state index in [0.29, 0.717) is 80.2 Å². The summed E-state index contributed by atoms with van der Waals surface area (Å²) < 4.78 is 30.0. The van der Waals surface area contributed by atoms with Crippen molar-refractivity contribution in [3.05, 3.63) is 72.7 Å². The Bertz CT molecular complexity index is 1950. The monoisotopic (exact) mass is 611 g/mol. The lowest BCUT2D eigenvalue weighted by molar-refractivity contribution is 0.190. The molecule has 2 aromatic carbocycles. The summed E-state index contributed by atoms with van der Waals surface area (Å²) in [5.41, 5.74) is 5.55. The average Bonchev–Trinajstić information content (AvgIpc) is 3.63.